The molecule has 1 saturated carbocycles. The molecule has 0 bridgehead atoms. The first-order valence-electron chi connectivity index (χ1n) is 16.8. The molecule has 2 fully saturated rings. The van der Waals surface area contributed by atoms with Gasteiger partial charge < -0.3 is 10.2 Å². The summed E-state index contributed by atoms with van der Waals surface area (Å²) < 4.78 is 0. The Morgan fingerprint density at radius 1 is 0.714 bits per heavy atom. The van der Waals surface area contributed by atoms with Crippen LogP contribution in [0.2, 0.25) is 0 Å². The Hall–Kier alpha value is -5.56. The number of likely N-dealkylation sites (tertiary alicyclic amines) is 1. The fourth-order valence-electron chi connectivity index (χ4n) is 9.11. The minimum Gasteiger partial charge on any atom is -0.508 e. The van der Waals surface area contributed by atoms with E-state index in [0.717, 1.165) is 22.3 Å². The zero-order chi connectivity index (χ0) is 33.9. The zero-order valence-electron chi connectivity index (χ0n) is 26.7. The third kappa shape index (κ3) is 4.78. The van der Waals surface area contributed by atoms with Gasteiger partial charge in [-0.3, -0.25) is 24.1 Å². The number of fused-ring (bicyclic) bond motifs is 4. The van der Waals surface area contributed by atoms with Crippen molar-refractivity contribution < 1.29 is 29.4 Å². The molecule has 0 spiro atoms. The van der Waals surface area contributed by atoms with Crippen LogP contribution in [-0.4, -0.2) is 45.0 Å². The number of benzene rings is 4. The number of imide groups is 1. The van der Waals surface area contributed by atoms with Crippen molar-refractivity contribution in [3.05, 3.63) is 149 Å². The maximum Gasteiger partial charge on any atom is 0.233 e. The molecule has 1 saturated heterocycles. The lowest BCUT2D eigenvalue weighted by Gasteiger charge is -2.55. The predicted octanol–water partition coefficient (Wildman–Crippen LogP) is 6.16. The summed E-state index contributed by atoms with van der Waals surface area (Å²) in [6.07, 6.45) is 4.62. The molecule has 6 atom stereocenters. The lowest BCUT2D eigenvalue weighted by atomic mass is 9.44. The maximum atomic E-state index is 15.0. The highest BCUT2D eigenvalue weighted by molar-refractivity contribution is 6.31. The number of carbonyl (C=O) groups is 4. The van der Waals surface area contributed by atoms with Gasteiger partial charge in [-0.1, -0.05) is 96.6 Å². The van der Waals surface area contributed by atoms with Crippen molar-refractivity contribution in [1.82, 2.24) is 4.90 Å². The first kappa shape index (κ1) is 30.8. The van der Waals surface area contributed by atoms with Crippen LogP contribution < -0.4 is 0 Å². The van der Waals surface area contributed by atoms with Crippen LogP contribution in [-0.2, 0) is 31.0 Å². The topological polar surface area (TPSA) is 112 Å². The smallest absolute Gasteiger partial charge is 0.233 e. The number of rotatable bonds is 6. The second-order valence-corrected chi connectivity index (χ2v) is 13.6. The quantitative estimate of drug-likeness (QED) is 0.191. The SMILES string of the molecule is O=C1C(c2ccccc2)=CC(=O)C2(c3ccccc3)C1CC1C(=CCC3C(=O)N(CCc4ccc(O)cc4)C(=O)C31)C2c1ccc(O)cc1. The Morgan fingerprint density at radius 2 is 1.35 bits per heavy atom. The molecule has 2 amide bonds. The van der Waals surface area contributed by atoms with Gasteiger partial charge in [-0.15, -0.1) is 0 Å². The molecular formula is C42H35NO6. The van der Waals surface area contributed by atoms with E-state index >= 15 is 0 Å². The molecule has 3 aliphatic carbocycles. The van der Waals surface area contributed by atoms with Crippen molar-refractivity contribution in [1.29, 1.82) is 0 Å². The van der Waals surface area contributed by atoms with Gasteiger partial charge in [0.25, 0.3) is 0 Å². The van der Waals surface area contributed by atoms with Crippen LogP contribution in [0.15, 0.2) is 127 Å². The molecule has 0 aromatic heterocycles. The zero-order valence-corrected chi connectivity index (χ0v) is 26.7. The molecule has 4 aromatic rings. The summed E-state index contributed by atoms with van der Waals surface area (Å²) in [5.74, 6) is -3.62. The average Bonchev–Trinajstić information content (AvgIpc) is 3.38. The van der Waals surface area contributed by atoms with Gasteiger partial charge >= 0.3 is 0 Å². The summed E-state index contributed by atoms with van der Waals surface area (Å²) in [6, 6.07) is 32.2. The number of ketones is 2. The Labute approximate surface area is 284 Å². The van der Waals surface area contributed by atoms with Crippen LogP contribution >= 0.6 is 0 Å². The molecule has 6 unspecified atom stereocenters. The van der Waals surface area contributed by atoms with Gasteiger partial charge in [-0.25, -0.2) is 0 Å². The molecule has 4 aliphatic rings. The molecule has 1 aliphatic heterocycles. The Morgan fingerprint density at radius 3 is 2.02 bits per heavy atom. The number of aromatic hydroxyl groups is 2. The summed E-state index contributed by atoms with van der Waals surface area (Å²) in [5, 5.41) is 20.0. The monoisotopic (exact) mass is 649 g/mol. The van der Waals surface area contributed by atoms with E-state index in [1.54, 1.807) is 48.5 Å². The molecule has 49 heavy (non-hydrogen) atoms. The van der Waals surface area contributed by atoms with E-state index in [2.05, 4.69) is 0 Å². The van der Waals surface area contributed by atoms with Crippen molar-refractivity contribution >= 4 is 29.0 Å². The average molecular weight is 650 g/mol. The summed E-state index contributed by atoms with van der Waals surface area (Å²) in [7, 11) is 0. The third-order valence-electron chi connectivity index (χ3n) is 11.3. The van der Waals surface area contributed by atoms with E-state index in [-0.39, 0.29) is 47.8 Å². The van der Waals surface area contributed by atoms with Crippen LogP contribution in [0.5, 0.6) is 11.5 Å². The molecule has 1 heterocycles. The van der Waals surface area contributed by atoms with Crippen LogP contribution in [0.3, 0.4) is 0 Å². The number of allylic oxidation sites excluding steroid dienone is 4. The third-order valence-corrected chi connectivity index (χ3v) is 11.3. The molecular weight excluding hydrogens is 614 g/mol. The minimum absolute atomic E-state index is 0.0808. The normalized spacial score (nSPS) is 27.6. The summed E-state index contributed by atoms with van der Waals surface area (Å²) in [6.45, 7) is 0.217. The number of hydrogen-bond acceptors (Lipinski definition) is 6. The van der Waals surface area contributed by atoms with Crippen molar-refractivity contribution in [2.45, 2.75) is 30.6 Å². The van der Waals surface area contributed by atoms with E-state index in [1.165, 1.54) is 11.0 Å². The van der Waals surface area contributed by atoms with Gasteiger partial charge in [-0.2, -0.15) is 0 Å². The van der Waals surface area contributed by atoms with Gasteiger partial charge in [0.05, 0.1) is 17.3 Å². The Bertz CT molecular complexity index is 2030. The lowest BCUT2D eigenvalue weighted by Crippen LogP contribution is -2.58. The van der Waals surface area contributed by atoms with Crippen LogP contribution in [0.1, 0.15) is 41.0 Å². The summed E-state index contributed by atoms with van der Waals surface area (Å²) in [5.41, 5.74) is 3.01. The summed E-state index contributed by atoms with van der Waals surface area (Å²) in [4.78, 5) is 59.5. The molecule has 0 radical (unpaired) electrons. The van der Waals surface area contributed by atoms with Crippen molar-refractivity contribution in [2.24, 2.45) is 23.7 Å². The highest BCUT2D eigenvalue weighted by Gasteiger charge is 2.65. The van der Waals surface area contributed by atoms with Crippen molar-refractivity contribution in [3.8, 4) is 11.5 Å². The van der Waals surface area contributed by atoms with E-state index in [0.29, 0.717) is 24.0 Å². The van der Waals surface area contributed by atoms with Crippen molar-refractivity contribution in [3.63, 3.8) is 0 Å². The molecule has 8 rings (SSSR count). The van der Waals surface area contributed by atoms with Gasteiger partial charge in [0.15, 0.2) is 11.6 Å². The molecule has 4 aromatic carbocycles. The Kier molecular flexibility index (Phi) is 7.43. The fourth-order valence-corrected chi connectivity index (χ4v) is 9.11. The number of phenolic OH excluding ortho intramolecular Hbond substituents is 2. The second-order valence-electron chi connectivity index (χ2n) is 13.6. The van der Waals surface area contributed by atoms with Gasteiger partial charge in [0, 0.05) is 24.0 Å². The van der Waals surface area contributed by atoms with Crippen molar-refractivity contribution in [2.75, 3.05) is 6.54 Å². The molecule has 7 nitrogen and oxygen atoms in total. The first-order valence-corrected chi connectivity index (χ1v) is 16.8. The fraction of sp³-hybridized carbons (Fsp3) is 0.238. The van der Waals surface area contributed by atoms with E-state index < -0.39 is 35.0 Å². The van der Waals surface area contributed by atoms with Crippen LogP contribution in [0.4, 0.5) is 0 Å². The van der Waals surface area contributed by atoms with E-state index in [9.17, 15) is 29.4 Å². The van der Waals surface area contributed by atoms with Gasteiger partial charge in [0.1, 0.15) is 11.5 Å². The molecule has 244 valence electrons. The number of Topliss-reactive ketones (excluding diaryl/α,β-unsaturated/α-hetero) is 1. The Balaban J connectivity index is 1.27. The van der Waals surface area contributed by atoms with Gasteiger partial charge in [-0.05, 0) is 77.8 Å². The number of hydrogen-bond donors (Lipinski definition) is 2. The summed E-state index contributed by atoms with van der Waals surface area (Å²) >= 11 is 0. The predicted molar refractivity (Wildman–Crippen MR) is 183 cm³/mol. The highest BCUT2D eigenvalue weighted by atomic mass is 16.3. The lowest BCUT2D eigenvalue weighted by molar-refractivity contribution is -0.140. The number of carbonyl (C=O) groups excluding carboxylic acids is 4. The first-order chi connectivity index (χ1) is 23.8. The van der Waals surface area contributed by atoms with E-state index in [4.69, 9.17) is 0 Å². The molecule has 7 heteroatoms. The highest BCUT2D eigenvalue weighted by Crippen LogP contribution is 2.63. The second kappa shape index (κ2) is 11.8. The standard InChI is InChI=1S/C42H35NO6/c44-29-15-11-25(12-16-29)21-22-43-40(48)32-20-19-31-34(37(32)41(43)49)23-35-39(47)33(26-7-3-1-4-8-26)24-36(46)42(35,28-9-5-2-6-10-28)38(31)27-13-17-30(45)18-14-27/h1-19,24,32,34-35,37-38,44-45H,20-23H2. The molecule has 2 N–H and O–H groups in total. The van der Waals surface area contributed by atoms with Gasteiger partial charge in [0.2, 0.25) is 11.8 Å². The van der Waals surface area contributed by atoms with Crippen LogP contribution in [0.25, 0.3) is 5.57 Å². The number of phenols is 2. The maximum absolute atomic E-state index is 15.0. The van der Waals surface area contributed by atoms with E-state index in [1.807, 2.05) is 66.7 Å². The largest absolute Gasteiger partial charge is 0.508 e. The van der Waals surface area contributed by atoms with Crippen LogP contribution in [0, 0.1) is 23.7 Å². The number of nitrogens with zero attached hydrogens (tertiary/aromatic N) is 1. The number of amides is 2. The minimum atomic E-state index is -1.30.